The fourth-order valence-electron chi connectivity index (χ4n) is 0.315. The minimum atomic E-state index is -4.79. The Morgan fingerprint density at radius 1 is 1.55 bits per heavy atom. The summed E-state index contributed by atoms with van der Waals surface area (Å²) in [5.74, 6) is -0.378. The minimum Gasteiger partial charge on any atom is -0.374 e. The Labute approximate surface area is 60.3 Å². The van der Waals surface area contributed by atoms with Gasteiger partial charge in [0.15, 0.2) is 6.10 Å². The van der Waals surface area contributed by atoms with Gasteiger partial charge in [0.1, 0.15) is 5.83 Å². The first kappa shape index (κ1) is 9.98. The molecule has 0 aliphatic heterocycles. The summed E-state index contributed by atoms with van der Waals surface area (Å²) in [4.78, 5) is 0. The van der Waals surface area contributed by atoms with Crippen LogP contribution in [0.4, 0.5) is 17.6 Å². The van der Waals surface area contributed by atoms with Crippen LogP contribution in [0.5, 0.6) is 0 Å². The van der Waals surface area contributed by atoms with Crippen molar-refractivity contribution in [2.75, 3.05) is 0 Å². The van der Waals surface area contributed by atoms with Crippen LogP contribution in [0.1, 0.15) is 0 Å². The molecule has 1 atom stereocenters. The van der Waals surface area contributed by atoms with E-state index in [0.29, 0.717) is 0 Å². The molecule has 0 amide bonds. The lowest BCUT2D eigenvalue weighted by Gasteiger charge is -2.01. The highest BCUT2D eigenvalue weighted by molar-refractivity contribution is 5.14. The largest absolute Gasteiger partial charge is 0.412 e. The van der Waals surface area contributed by atoms with Crippen molar-refractivity contribution in [3.05, 3.63) is 11.9 Å². The number of hydrogen-bond donors (Lipinski definition) is 1. The maximum Gasteiger partial charge on any atom is 0.412 e. The fraction of sp³-hybridized carbons (Fsp3) is 0.333. The molecular weight excluding hydrogens is 164 g/mol. The van der Waals surface area contributed by atoms with E-state index in [2.05, 4.69) is 6.42 Å². The van der Waals surface area contributed by atoms with Gasteiger partial charge >= 0.3 is 6.18 Å². The Morgan fingerprint density at radius 2 is 2.00 bits per heavy atom. The van der Waals surface area contributed by atoms with Crippen LogP contribution < -0.4 is 0 Å². The molecule has 0 aliphatic carbocycles. The predicted molar refractivity (Wildman–Crippen MR) is 30.1 cm³/mol. The lowest BCUT2D eigenvalue weighted by atomic mass is 10.3. The summed E-state index contributed by atoms with van der Waals surface area (Å²) in [6.07, 6.45) is -3.14. The monoisotopic (exact) mass is 168 g/mol. The van der Waals surface area contributed by atoms with Crippen molar-refractivity contribution in [3.63, 3.8) is 0 Å². The van der Waals surface area contributed by atoms with Gasteiger partial charge in [-0.2, -0.15) is 13.2 Å². The molecule has 0 aromatic carbocycles. The van der Waals surface area contributed by atoms with Gasteiger partial charge in [-0.3, -0.25) is 0 Å². The van der Waals surface area contributed by atoms with Gasteiger partial charge in [0.2, 0.25) is 0 Å². The van der Waals surface area contributed by atoms with E-state index in [1.54, 1.807) is 0 Å². The molecule has 5 heteroatoms. The second-order valence-corrected chi connectivity index (χ2v) is 1.64. The number of terminal acetylenes is 1. The number of halogens is 4. The molecule has 0 aromatic rings. The van der Waals surface area contributed by atoms with Crippen molar-refractivity contribution >= 4 is 0 Å². The molecule has 0 bridgehead atoms. The zero-order valence-electron chi connectivity index (χ0n) is 5.19. The Hall–Kier alpha value is -1.02. The van der Waals surface area contributed by atoms with E-state index < -0.39 is 24.2 Å². The number of hydrogen-bond acceptors (Lipinski definition) is 1. The molecule has 62 valence electrons. The van der Waals surface area contributed by atoms with Crippen molar-refractivity contribution in [2.24, 2.45) is 0 Å². The number of aliphatic hydroxyl groups excluding tert-OH is 1. The quantitative estimate of drug-likeness (QED) is 0.463. The molecule has 1 N–H and O–H groups in total. The average Bonchev–Trinajstić information content (AvgIpc) is 1.82. The number of rotatable bonds is 1. The molecule has 1 nitrogen and oxygen atoms in total. The standard InChI is InChI=1S/C6H4F4O/c1-2-5(11)4(7)3-6(8,9)10/h1,3,5,11H/b4-3-. The van der Waals surface area contributed by atoms with Crippen LogP contribution in [0.2, 0.25) is 0 Å². The van der Waals surface area contributed by atoms with Crippen molar-refractivity contribution < 1.29 is 22.7 Å². The van der Waals surface area contributed by atoms with E-state index in [1.807, 2.05) is 0 Å². The molecule has 0 heterocycles. The smallest absolute Gasteiger partial charge is 0.374 e. The fourth-order valence-corrected chi connectivity index (χ4v) is 0.315. The molecule has 0 spiro atoms. The van der Waals surface area contributed by atoms with E-state index in [-0.39, 0.29) is 0 Å². The highest BCUT2D eigenvalue weighted by atomic mass is 19.4. The van der Waals surface area contributed by atoms with Gasteiger partial charge < -0.3 is 5.11 Å². The Kier molecular flexibility index (Phi) is 3.08. The van der Waals surface area contributed by atoms with E-state index >= 15 is 0 Å². The summed E-state index contributed by atoms with van der Waals surface area (Å²) in [6, 6.07) is 0. The van der Waals surface area contributed by atoms with Crippen molar-refractivity contribution in [2.45, 2.75) is 12.3 Å². The van der Waals surface area contributed by atoms with E-state index in [9.17, 15) is 17.6 Å². The molecule has 0 radical (unpaired) electrons. The zero-order chi connectivity index (χ0) is 9.07. The molecule has 0 aliphatic rings. The van der Waals surface area contributed by atoms with Crippen LogP contribution in [0.3, 0.4) is 0 Å². The highest BCUT2D eigenvalue weighted by Crippen LogP contribution is 2.20. The second kappa shape index (κ2) is 3.39. The lowest BCUT2D eigenvalue weighted by Crippen LogP contribution is -2.09. The summed E-state index contributed by atoms with van der Waals surface area (Å²) in [6.45, 7) is 0. The van der Waals surface area contributed by atoms with Crippen LogP contribution in [0, 0.1) is 12.3 Å². The van der Waals surface area contributed by atoms with Gasteiger partial charge in [0.05, 0.1) is 6.08 Å². The Balaban J connectivity index is 4.37. The van der Waals surface area contributed by atoms with Crippen molar-refractivity contribution in [1.82, 2.24) is 0 Å². The average molecular weight is 168 g/mol. The minimum absolute atomic E-state index is 0.683. The third-order valence-electron chi connectivity index (χ3n) is 0.721. The second-order valence-electron chi connectivity index (χ2n) is 1.64. The Morgan fingerprint density at radius 3 is 2.27 bits per heavy atom. The van der Waals surface area contributed by atoms with Crippen molar-refractivity contribution in [1.29, 1.82) is 0 Å². The first-order valence-electron chi connectivity index (χ1n) is 2.46. The molecule has 11 heavy (non-hydrogen) atoms. The molecule has 1 unspecified atom stereocenters. The first-order chi connectivity index (χ1) is 4.87. The van der Waals surface area contributed by atoms with Crippen LogP contribution >= 0.6 is 0 Å². The molecule has 0 rings (SSSR count). The van der Waals surface area contributed by atoms with E-state index in [0.717, 1.165) is 0 Å². The normalized spacial score (nSPS) is 15.8. The third kappa shape index (κ3) is 4.39. The van der Waals surface area contributed by atoms with Crippen LogP contribution in [0.15, 0.2) is 11.9 Å². The molecule has 0 fully saturated rings. The van der Waals surface area contributed by atoms with Gasteiger partial charge in [-0.15, -0.1) is 6.42 Å². The SMILES string of the molecule is C#CC(O)/C(F)=C/C(F)(F)F. The zero-order valence-corrected chi connectivity index (χ0v) is 5.19. The summed E-state index contributed by atoms with van der Waals surface area (Å²) in [5.41, 5.74) is 0. The van der Waals surface area contributed by atoms with Crippen LogP contribution in [-0.4, -0.2) is 17.4 Å². The van der Waals surface area contributed by atoms with Gasteiger partial charge in [-0.05, 0) is 0 Å². The predicted octanol–water partition coefficient (Wildman–Crippen LogP) is 1.40. The molecule has 0 saturated carbocycles. The Bertz CT molecular complexity index is 198. The molecule has 0 aromatic heterocycles. The summed E-state index contributed by atoms with van der Waals surface area (Å²) in [7, 11) is 0. The molecule has 0 saturated heterocycles. The first-order valence-corrected chi connectivity index (χ1v) is 2.46. The van der Waals surface area contributed by atoms with Crippen LogP contribution in [-0.2, 0) is 0 Å². The van der Waals surface area contributed by atoms with Gasteiger partial charge in [0, 0.05) is 0 Å². The number of alkyl halides is 3. The van der Waals surface area contributed by atoms with Gasteiger partial charge in [0.25, 0.3) is 0 Å². The number of allylic oxidation sites excluding steroid dienone is 1. The maximum atomic E-state index is 12.0. The topological polar surface area (TPSA) is 20.2 Å². The van der Waals surface area contributed by atoms with Gasteiger partial charge in [-0.1, -0.05) is 5.92 Å². The summed E-state index contributed by atoms with van der Waals surface area (Å²) >= 11 is 0. The molecular formula is C6H4F4O. The van der Waals surface area contributed by atoms with Crippen LogP contribution in [0.25, 0.3) is 0 Å². The third-order valence-corrected chi connectivity index (χ3v) is 0.721. The maximum absolute atomic E-state index is 12.0. The lowest BCUT2D eigenvalue weighted by molar-refractivity contribution is -0.0822. The van der Waals surface area contributed by atoms with Gasteiger partial charge in [-0.25, -0.2) is 4.39 Å². The van der Waals surface area contributed by atoms with Crippen molar-refractivity contribution in [3.8, 4) is 12.3 Å². The number of aliphatic hydroxyl groups is 1. The summed E-state index contributed by atoms with van der Waals surface area (Å²) in [5, 5.41) is 8.31. The highest BCUT2D eigenvalue weighted by Gasteiger charge is 2.26. The van der Waals surface area contributed by atoms with E-state index in [4.69, 9.17) is 5.11 Å². The summed E-state index contributed by atoms with van der Waals surface area (Å²) < 4.78 is 46.0. The van der Waals surface area contributed by atoms with E-state index in [1.165, 1.54) is 5.92 Å².